The van der Waals surface area contributed by atoms with E-state index in [1.54, 1.807) is 24.3 Å². The van der Waals surface area contributed by atoms with Gasteiger partial charge >= 0.3 is 6.36 Å². The van der Waals surface area contributed by atoms with Gasteiger partial charge in [0.15, 0.2) is 6.61 Å². The minimum Gasteiger partial charge on any atom is -0.484 e. The molecule has 0 aliphatic rings. The van der Waals surface area contributed by atoms with Crippen LogP contribution in [0.25, 0.3) is 0 Å². The lowest BCUT2D eigenvalue weighted by Gasteiger charge is -2.11. The lowest BCUT2D eigenvalue weighted by Crippen LogP contribution is -2.43. The molecule has 1 amide bonds. The summed E-state index contributed by atoms with van der Waals surface area (Å²) in [4.78, 5) is 13.1. The predicted octanol–water partition coefficient (Wildman–Crippen LogP) is 2.28. The van der Waals surface area contributed by atoms with Crippen molar-refractivity contribution >= 4 is 15.9 Å². The van der Waals surface area contributed by atoms with Crippen molar-refractivity contribution in [3.63, 3.8) is 0 Å². The number of sulfonamides is 1. The number of ether oxygens (including phenoxy) is 2. The second-order valence-corrected chi connectivity index (χ2v) is 6.96. The van der Waals surface area contributed by atoms with Crippen LogP contribution in [0.2, 0.25) is 0 Å². The highest BCUT2D eigenvalue weighted by molar-refractivity contribution is 7.89. The first-order valence-electron chi connectivity index (χ1n) is 7.41. The molecule has 7 nitrogen and oxygen atoms in total. The number of halogens is 3. The highest BCUT2D eigenvalue weighted by Gasteiger charge is 2.31. The Kier molecular flexibility index (Phi) is 6.28. The maximum atomic E-state index is 12.1. The molecule has 0 aromatic heterocycles. The van der Waals surface area contributed by atoms with Gasteiger partial charge in [-0.2, -0.15) is 0 Å². The number of benzene rings is 2. The molecule has 146 valence electrons. The van der Waals surface area contributed by atoms with Crippen LogP contribution in [0.15, 0.2) is 53.4 Å². The molecule has 0 radical (unpaired) electrons. The molecule has 11 heteroatoms. The van der Waals surface area contributed by atoms with Gasteiger partial charge in [0.05, 0.1) is 4.90 Å². The van der Waals surface area contributed by atoms with Gasteiger partial charge in [0.2, 0.25) is 0 Å². The van der Waals surface area contributed by atoms with Crippen molar-refractivity contribution in [1.29, 1.82) is 0 Å². The molecule has 2 aromatic rings. The number of rotatable bonds is 7. The molecule has 0 aliphatic carbocycles. The van der Waals surface area contributed by atoms with Gasteiger partial charge in [0.25, 0.3) is 15.9 Å². The molecule has 0 saturated carbocycles. The summed E-state index contributed by atoms with van der Waals surface area (Å²) in [5.41, 5.74) is 2.95. The monoisotopic (exact) mass is 404 g/mol. The summed E-state index contributed by atoms with van der Waals surface area (Å²) < 4.78 is 69.1. The summed E-state index contributed by atoms with van der Waals surface area (Å²) in [5, 5.41) is 0. The number of carbonyl (C=O) groups excluding carboxylic acids is 1. The van der Waals surface area contributed by atoms with Crippen LogP contribution >= 0.6 is 0 Å². The van der Waals surface area contributed by atoms with Crippen LogP contribution in [-0.2, 0) is 14.8 Å². The molecule has 2 aromatic carbocycles. The zero-order valence-corrected chi connectivity index (χ0v) is 14.7. The van der Waals surface area contributed by atoms with Gasteiger partial charge in [0.1, 0.15) is 11.5 Å². The zero-order chi connectivity index (χ0) is 20.1. The van der Waals surface area contributed by atoms with E-state index >= 15 is 0 Å². The minimum absolute atomic E-state index is 0.364. The minimum atomic E-state index is -4.88. The number of hydrogen-bond donors (Lipinski definition) is 2. The molecule has 0 fully saturated rings. The fourth-order valence-electron chi connectivity index (χ4n) is 1.82. The summed E-state index contributed by atoms with van der Waals surface area (Å²) in [6.07, 6.45) is -4.88. The number of alkyl halides is 3. The number of aryl methyl sites for hydroxylation is 1. The Balaban J connectivity index is 1.88. The second-order valence-electron chi connectivity index (χ2n) is 5.27. The first-order valence-corrected chi connectivity index (χ1v) is 8.89. The van der Waals surface area contributed by atoms with Crippen molar-refractivity contribution < 1.29 is 35.9 Å². The lowest BCUT2D eigenvalue weighted by atomic mass is 10.2. The number of nitrogens with one attached hydrogen (secondary N) is 2. The molecule has 2 N–H and O–H groups in total. The van der Waals surface area contributed by atoms with Gasteiger partial charge in [-0.1, -0.05) is 17.7 Å². The van der Waals surface area contributed by atoms with E-state index in [2.05, 4.69) is 4.74 Å². The normalized spacial score (nSPS) is 11.7. The molecule has 0 atom stereocenters. The molecule has 0 aliphatic heterocycles. The second kappa shape index (κ2) is 8.27. The summed E-state index contributed by atoms with van der Waals surface area (Å²) in [5.74, 6) is -0.910. The van der Waals surface area contributed by atoms with Crippen molar-refractivity contribution in [3.8, 4) is 11.5 Å². The molecule has 2 rings (SSSR count). The van der Waals surface area contributed by atoms with Crippen LogP contribution in [0.3, 0.4) is 0 Å². The SMILES string of the molecule is Cc1ccc(OCC(=O)NNS(=O)(=O)c2ccc(OC(F)(F)F)cc2)cc1. The molecular weight excluding hydrogens is 389 g/mol. The average molecular weight is 404 g/mol. The van der Waals surface area contributed by atoms with Crippen molar-refractivity contribution in [1.82, 2.24) is 10.3 Å². The van der Waals surface area contributed by atoms with E-state index in [4.69, 9.17) is 4.74 Å². The van der Waals surface area contributed by atoms with Crippen LogP contribution < -0.4 is 19.7 Å². The van der Waals surface area contributed by atoms with Crippen molar-refractivity contribution in [2.24, 2.45) is 0 Å². The third-order valence-corrected chi connectivity index (χ3v) is 4.35. The Labute approximate surface area is 153 Å². The average Bonchev–Trinajstić information content (AvgIpc) is 2.58. The third kappa shape index (κ3) is 6.79. The number of amides is 1. The number of carbonyl (C=O) groups is 1. The van der Waals surface area contributed by atoms with E-state index < -0.39 is 34.6 Å². The van der Waals surface area contributed by atoms with Crippen molar-refractivity contribution in [3.05, 3.63) is 54.1 Å². The van der Waals surface area contributed by atoms with E-state index in [1.165, 1.54) is 0 Å². The van der Waals surface area contributed by atoms with Crippen molar-refractivity contribution in [2.75, 3.05) is 6.61 Å². The molecule has 0 bridgehead atoms. The lowest BCUT2D eigenvalue weighted by molar-refractivity contribution is -0.274. The summed E-state index contributed by atoms with van der Waals surface area (Å²) in [6, 6.07) is 10.3. The van der Waals surface area contributed by atoms with Crippen LogP contribution in [0.4, 0.5) is 13.2 Å². The van der Waals surface area contributed by atoms with Gasteiger partial charge < -0.3 is 9.47 Å². The molecule has 27 heavy (non-hydrogen) atoms. The van der Waals surface area contributed by atoms with E-state index in [-0.39, 0.29) is 4.90 Å². The Morgan fingerprint density at radius 1 is 1.00 bits per heavy atom. The summed E-state index contributed by atoms with van der Waals surface area (Å²) >= 11 is 0. The Hall–Kier alpha value is -2.79. The van der Waals surface area contributed by atoms with E-state index in [0.29, 0.717) is 5.75 Å². The largest absolute Gasteiger partial charge is 0.573 e. The van der Waals surface area contributed by atoms with E-state index in [0.717, 1.165) is 29.8 Å². The molecule has 0 saturated heterocycles. The fourth-order valence-corrected chi connectivity index (χ4v) is 2.68. The summed E-state index contributed by atoms with van der Waals surface area (Å²) in [7, 11) is -4.18. The van der Waals surface area contributed by atoms with Gasteiger partial charge in [0, 0.05) is 0 Å². The number of hydrazine groups is 1. The fraction of sp³-hybridized carbons (Fsp3) is 0.188. The quantitative estimate of drug-likeness (QED) is 0.691. The maximum absolute atomic E-state index is 12.1. The van der Waals surface area contributed by atoms with Crippen LogP contribution in [0.1, 0.15) is 5.56 Å². The van der Waals surface area contributed by atoms with E-state index in [9.17, 15) is 26.4 Å². The standard InChI is InChI=1S/C16H15F3N2O5S/c1-11-2-4-12(5-3-11)25-10-15(22)20-21-27(23,24)14-8-6-13(7-9-14)26-16(17,18)19/h2-9,21H,10H2,1H3,(H,20,22). The van der Waals surface area contributed by atoms with Gasteiger partial charge in [-0.05, 0) is 43.3 Å². The van der Waals surface area contributed by atoms with Gasteiger partial charge in [-0.15, -0.1) is 18.0 Å². The Morgan fingerprint density at radius 3 is 2.11 bits per heavy atom. The van der Waals surface area contributed by atoms with Crippen LogP contribution in [0, 0.1) is 6.92 Å². The first kappa shape index (κ1) is 20.5. The molecule has 0 heterocycles. The van der Waals surface area contributed by atoms with Gasteiger partial charge in [-0.25, -0.2) is 8.42 Å². The zero-order valence-electron chi connectivity index (χ0n) is 13.9. The van der Waals surface area contributed by atoms with Crippen LogP contribution in [0.5, 0.6) is 11.5 Å². The Morgan fingerprint density at radius 2 is 1.56 bits per heavy atom. The van der Waals surface area contributed by atoms with Crippen LogP contribution in [-0.4, -0.2) is 27.3 Å². The topological polar surface area (TPSA) is 93.7 Å². The third-order valence-electron chi connectivity index (χ3n) is 3.08. The van der Waals surface area contributed by atoms with E-state index in [1.807, 2.05) is 17.2 Å². The summed E-state index contributed by atoms with van der Waals surface area (Å²) in [6.45, 7) is 1.44. The highest BCUT2D eigenvalue weighted by atomic mass is 32.2. The van der Waals surface area contributed by atoms with Gasteiger partial charge in [-0.3, -0.25) is 10.2 Å². The smallest absolute Gasteiger partial charge is 0.484 e. The number of hydrogen-bond acceptors (Lipinski definition) is 5. The molecule has 0 spiro atoms. The predicted molar refractivity (Wildman–Crippen MR) is 88.3 cm³/mol. The first-order chi connectivity index (χ1) is 12.5. The maximum Gasteiger partial charge on any atom is 0.573 e. The molecular formula is C16H15F3N2O5S. The van der Waals surface area contributed by atoms with Crippen molar-refractivity contribution in [2.45, 2.75) is 18.2 Å². The highest BCUT2D eigenvalue weighted by Crippen LogP contribution is 2.23. The Bertz CT molecular complexity index is 882. The molecule has 0 unspecified atom stereocenters.